The highest BCUT2D eigenvalue weighted by molar-refractivity contribution is 5.89. The number of rotatable bonds is 4. The van der Waals surface area contributed by atoms with Crippen LogP contribution in [0.4, 0.5) is 5.69 Å². The Balaban J connectivity index is 1.47. The summed E-state index contributed by atoms with van der Waals surface area (Å²) >= 11 is 0. The molecule has 8 heteroatoms. The molecule has 0 saturated carbocycles. The molecule has 1 aromatic heterocycles. The van der Waals surface area contributed by atoms with Crippen LogP contribution < -0.4 is 15.3 Å². The van der Waals surface area contributed by atoms with Gasteiger partial charge in [0.15, 0.2) is 11.3 Å². The van der Waals surface area contributed by atoms with E-state index in [9.17, 15) is 19.8 Å². The van der Waals surface area contributed by atoms with Crippen LogP contribution in [-0.2, 0) is 11.2 Å². The Kier molecular flexibility index (Phi) is 5.46. The second-order valence-electron chi connectivity index (χ2n) is 7.55. The monoisotopic (exact) mass is 424 g/mol. The van der Waals surface area contributed by atoms with E-state index in [0.29, 0.717) is 37.1 Å². The number of amides is 1. The summed E-state index contributed by atoms with van der Waals surface area (Å²) in [6.07, 6.45) is -0.0751. The van der Waals surface area contributed by atoms with Crippen LogP contribution in [0.5, 0.6) is 17.2 Å². The van der Waals surface area contributed by atoms with Gasteiger partial charge >= 0.3 is 5.63 Å². The van der Waals surface area contributed by atoms with E-state index in [4.69, 9.17) is 9.15 Å². The van der Waals surface area contributed by atoms with Gasteiger partial charge in [-0.3, -0.25) is 4.79 Å². The maximum absolute atomic E-state index is 12.9. The van der Waals surface area contributed by atoms with Crippen molar-refractivity contribution in [2.24, 2.45) is 0 Å². The first kappa shape index (κ1) is 20.6. The van der Waals surface area contributed by atoms with Crippen LogP contribution in [0, 0.1) is 6.92 Å². The molecule has 3 aromatic rings. The first-order chi connectivity index (χ1) is 14.9. The number of hydrogen-bond donors (Lipinski definition) is 2. The Morgan fingerprint density at radius 2 is 1.74 bits per heavy atom. The Morgan fingerprint density at radius 3 is 2.39 bits per heavy atom. The van der Waals surface area contributed by atoms with Gasteiger partial charge in [0, 0.05) is 37.3 Å². The molecule has 2 aromatic carbocycles. The lowest BCUT2D eigenvalue weighted by Crippen LogP contribution is -2.49. The molecule has 8 nitrogen and oxygen atoms in total. The molecule has 1 amide bonds. The fourth-order valence-electron chi connectivity index (χ4n) is 3.90. The molecule has 0 bridgehead atoms. The van der Waals surface area contributed by atoms with E-state index in [2.05, 4.69) is 4.90 Å². The number of carbonyl (C=O) groups is 1. The standard InChI is InChI=1S/C23H24N2O6/c1-14-17-7-8-19(26)21(28)22(17)31-23(29)18(14)13-20(27)25-11-9-24(10-12-25)15-3-5-16(30-2)6-4-15/h3-8,26,28H,9-13H2,1-2H3. The summed E-state index contributed by atoms with van der Waals surface area (Å²) in [5, 5.41) is 20.1. The minimum atomic E-state index is -0.684. The number of anilines is 1. The molecule has 2 N–H and O–H groups in total. The van der Waals surface area contributed by atoms with Crippen LogP contribution >= 0.6 is 0 Å². The van der Waals surface area contributed by atoms with Gasteiger partial charge in [0.25, 0.3) is 0 Å². The van der Waals surface area contributed by atoms with E-state index in [-0.39, 0.29) is 29.2 Å². The summed E-state index contributed by atoms with van der Waals surface area (Å²) in [5.41, 5.74) is 1.14. The van der Waals surface area contributed by atoms with Crippen LogP contribution in [0.25, 0.3) is 11.0 Å². The number of phenols is 2. The summed E-state index contributed by atoms with van der Waals surface area (Å²) < 4.78 is 10.4. The topological polar surface area (TPSA) is 103 Å². The van der Waals surface area contributed by atoms with Crippen LogP contribution in [-0.4, -0.2) is 54.3 Å². The third-order valence-electron chi connectivity index (χ3n) is 5.81. The summed E-state index contributed by atoms with van der Waals surface area (Å²) in [5.74, 6) is -0.198. The van der Waals surface area contributed by atoms with E-state index in [1.54, 1.807) is 25.0 Å². The Bertz CT molecular complexity index is 1180. The molecule has 2 heterocycles. The third kappa shape index (κ3) is 3.88. The van der Waals surface area contributed by atoms with E-state index in [0.717, 1.165) is 11.4 Å². The van der Waals surface area contributed by atoms with Gasteiger partial charge in [0.1, 0.15) is 5.75 Å². The molecule has 0 unspecified atom stereocenters. The SMILES string of the molecule is COc1ccc(N2CCN(C(=O)Cc3c(C)c4ccc(O)c(O)c4oc3=O)CC2)cc1. The van der Waals surface area contributed by atoms with Crippen molar-refractivity contribution in [3.8, 4) is 17.2 Å². The predicted octanol–water partition coefficient (Wildman–Crippen LogP) is 2.41. The maximum Gasteiger partial charge on any atom is 0.340 e. The number of methoxy groups -OCH3 is 1. The van der Waals surface area contributed by atoms with Crippen molar-refractivity contribution < 1.29 is 24.2 Å². The first-order valence-electron chi connectivity index (χ1n) is 10.0. The van der Waals surface area contributed by atoms with Crippen LogP contribution in [0.3, 0.4) is 0 Å². The summed E-state index contributed by atoms with van der Waals surface area (Å²) in [7, 11) is 1.63. The number of ether oxygens (including phenoxy) is 1. The minimum absolute atomic E-state index is 0.0751. The van der Waals surface area contributed by atoms with Crippen molar-refractivity contribution in [3.63, 3.8) is 0 Å². The van der Waals surface area contributed by atoms with Crippen molar-refractivity contribution in [1.29, 1.82) is 0 Å². The Morgan fingerprint density at radius 1 is 1.06 bits per heavy atom. The highest BCUT2D eigenvalue weighted by Crippen LogP contribution is 2.34. The first-order valence-corrected chi connectivity index (χ1v) is 10.0. The zero-order valence-corrected chi connectivity index (χ0v) is 17.4. The summed E-state index contributed by atoms with van der Waals surface area (Å²) in [4.78, 5) is 29.3. The number of piperazine rings is 1. The van der Waals surface area contributed by atoms with Crippen LogP contribution in [0.2, 0.25) is 0 Å². The van der Waals surface area contributed by atoms with Crippen LogP contribution in [0.15, 0.2) is 45.6 Å². The highest BCUT2D eigenvalue weighted by atomic mass is 16.5. The van der Waals surface area contributed by atoms with Gasteiger partial charge in [-0.2, -0.15) is 0 Å². The van der Waals surface area contributed by atoms with E-state index < -0.39 is 11.4 Å². The lowest BCUT2D eigenvalue weighted by atomic mass is 10.0. The number of carbonyl (C=O) groups excluding carboxylic acids is 1. The fraction of sp³-hybridized carbons (Fsp3) is 0.304. The number of phenolic OH excluding ortho intramolecular Hbond substituents is 2. The third-order valence-corrected chi connectivity index (χ3v) is 5.81. The highest BCUT2D eigenvalue weighted by Gasteiger charge is 2.24. The molecule has 1 aliphatic rings. The molecule has 162 valence electrons. The van der Waals surface area contributed by atoms with E-state index in [1.165, 1.54) is 6.07 Å². The zero-order valence-electron chi connectivity index (χ0n) is 17.4. The molecular weight excluding hydrogens is 400 g/mol. The number of aromatic hydroxyl groups is 2. The van der Waals surface area contributed by atoms with Crippen molar-refractivity contribution in [2.45, 2.75) is 13.3 Å². The molecule has 1 fully saturated rings. The molecule has 0 radical (unpaired) electrons. The Hall–Kier alpha value is -3.68. The van der Waals surface area contributed by atoms with Gasteiger partial charge in [-0.1, -0.05) is 0 Å². The average Bonchev–Trinajstić information content (AvgIpc) is 2.79. The fourth-order valence-corrected chi connectivity index (χ4v) is 3.90. The zero-order chi connectivity index (χ0) is 22.1. The molecule has 31 heavy (non-hydrogen) atoms. The molecule has 4 rings (SSSR count). The van der Waals surface area contributed by atoms with Crippen molar-refractivity contribution in [1.82, 2.24) is 4.90 Å². The number of benzene rings is 2. The average molecular weight is 424 g/mol. The van der Waals surface area contributed by atoms with Crippen LogP contribution in [0.1, 0.15) is 11.1 Å². The number of fused-ring (bicyclic) bond motifs is 1. The van der Waals surface area contributed by atoms with Gasteiger partial charge in [-0.25, -0.2) is 4.79 Å². The lowest BCUT2D eigenvalue weighted by Gasteiger charge is -2.36. The van der Waals surface area contributed by atoms with Gasteiger partial charge in [0.2, 0.25) is 11.7 Å². The van der Waals surface area contributed by atoms with Gasteiger partial charge in [0.05, 0.1) is 19.1 Å². The number of hydrogen-bond acceptors (Lipinski definition) is 7. The second kappa shape index (κ2) is 8.22. The summed E-state index contributed by atoms with van der Waals surface area (Å²) in [6.45, 7) is 4.20. The van der Waals surface area contributed by atoms with Crippen molar-refractivity contribution in [2.75, 3.05) is 38.2 Å². The van der Waals surface area contributed by atoms with Gasteiger partial charge in [-0.05, 0) is 48.9 Å². The minimum Gasteiger partial charge on any atom is -0.504 e. The maximum atomic E-state index is 12.9. The molecule has 0 spiro atoms. The second-order valence-corrected chi connectivity index (χ2v) is 7.55. The smallest absolute Gasteiger partial charge is 0.340 e. The predicted molar refractivity (Wildman–Crippen MR) is 116 cm³/mol. The number of nitrogens with zero attached hydrogens (tertiary/aromatic N) is 2. The van der Waals surface area contributed by atoms with Crippen molar-refractivity contribution in [3.05, 3.63) is 57.9 Å². The largest absolute Gasteiger partial charge is 0.504 e. The summed E-state index contributed by atoms with van der Waals surface area (Å²) in [6, 6.07) is 10.7. The molecular formula is C23H24N2O6. The molecule has 1 saturated heterocycles. The van der Waals surface area contributed by atoms with E-state index in [1.807, 2.05) is 24.3 Å². The quantitative estimate of drug-likeness (QED) is 0.490. The molecule has 1 aliphatic heterocycles. The van der Waals surface area contributed by atoms with E-state index >= 15 is 0 Å². The molecule has 0 atom stereocenters. The molecule has 0 aliphatic carbocycles. The normalized spacial score (nSPS) is 14.1. The number of aryl methyl sites for hydroxylation is 1. The van der Waals surface area contributed by atoms with Gasteiger partial charge < -0.3 is 29.2 Å². The Labute approximate surface area is 178 Å². The van der Waals surface area contributed by atoms with Crippen molar-refractivity contribution >= 4 is 22.6 Å². The van der Waals surface area contributed by atoms with Gasteiger partial charge in [-0.15, -0.1) is 0 Å². The lowest BCUT2D eigenvalue weighted by molar-refractivity contribution is -0.130.